The van der Waals surface area contributed by atoms with Crippen LogP contribution in [0, 0.1) is 6.92 Å². The van der Waals surface area contributed by atoms with E-state index in [-0.39, 0.29) is 5.91 Å². The Morgan fingerprint density at radius 2 is 1.75 bits per heavy atom. The van der Waals surface area contributed by atoms with Gasteiger partial charge in [0.1, 0.15) is 5.75 Å². The van der Waals surface area contributed by atoms with Crippen molar-refractivity contribution in [2.75, 3.05) is 38.2 Å². The first kappa shape index (κ1) is 16.3. The molecule has 1 aromatic carbocycles. The van der Waals surface area contributed by atoms with Crippen molar-refractivity contribution in [1.29, 1.82) is 0 Å². The fraction of sp³-hybridized carbons (Fsp3) is 0.562. The summed E-state index contributed by atoms with van der Waals surface area (Å²) in [4.78, 5) is 15.5. The number of benzene rings is 1. The van der Waals surface area contributed by atoms with Gasteiger partial charge in [-0.15, -0.1) is 0 Å². The summed E-state index contributed by atoms with van der Waals surface area (Å²) in [6, 6.07) is 6.26. The maximum atomic E-state index is 11.3. The molecule has 1 aliphatic rings. The van der Waals surface area contributed by atoms with Gasteiger partial charge < -0.3 is 14.5 Å². The third-order valence-corrected chi connectivity index (χ3v) is 3.48. The van der Waals surface area contributed by atoms with Gasteiger partial charge in [0.15, 0.2) is 0 Å². The SMILES string of the molecule is CC.COc1cc(N2CCN(C(C)=O)CC2)ccc1C. The molecule has 0 aliphatic carbocycles. The first-order valence-corrected chi connectivity index (χ1v) is 7.27. The highest BCUT2D eigenvalue weighted by Crippen LogP contribution is 2.25. The topological polar surface area (TPSA) is 32.8 Å². The molecule has 0 N–H and O–H groups in total. The van der Waals surface area contributed by atoms with Crippen LogP contribution in [-0.2, 0) is 4.79 Å². The van der Waals surface area contributed by atoms with E-state index >= 15 is 0 Å². The summed E-state index contributed by atoms with van der Waals surface area (Å²) in [6.07, 6.45) is 0. The lowest BCUT2D eigenvalue weighted by Crippen LogP contribution is -2.48. The van der Waals surface area contributed by atoms with Gasteiger partial charge in [0.2, 0.25) is 5.91 Å². The molecular formula is C16H26N2O2. The van der Waals surface area contributed by atoms with Crippen molar-refractivity contribution in [3.63, 3.8) is 0 Å². The molecule has 0 saturated carbocycles. The fourth-order valence-electron chi connectivity index (χ4n) is 2.28. The van der Waals surface area contributed by atoms with Crippen LogP contribution in [0.1, 0.15) is 26.3 Å². The summed E-state index contributed by atoms with van der Waals surface area (Å²) in [5.41, 5.74) is 2.31. The van der Waals surface area contributed by atoms with E-state index in [9.17, 15) is 4.79 Å². The second-order valence-corrected chi connectivity index (χ2v) is 4.65. The molecule has 0 radical (unpaired) electrons. The molecule has 1 aliphatic heterocycles. The van der Waals surface area contributed by atoms with Crippen molar-refractivity contribution < 1.29 is 9.53 Å². The van der Waals surface area contributed by atoms with Crippen LogP contribution in [0.25, 0.3) is 0 Å². The molecule has 1 amide bonds. The van der Waals surface area contributed by atoms with Crippen molar-refractivity contribution in [1.82, 2.24) is 4.90 Å². The second-order valence-electron chi connectivity index (χ2n) is 4.65. The molecule has 4 heteroatoms. The highest BCUT2D eigenvalue weighted by atomic mass is 16.5. The number of hydrogen-bond acceptors (Lipinski definition) is 3. The Labute approximate surface area is 122 Å². The first-order chi connectivity index (χ1) is 9.61. The third-order valence-electron chi connectivity index (χ3n) is 3.48. The number of methoxy groups -OCH3 is 1. The molecule has 1 aromatic rings. The van der Waals surface area contributed by atoms with E-state index in [1.807, 2.05) is 25.7 Å². The fourth-order valence-corrected chi connectivity index (χ4v) is 2.28. The van der Waals surface area contributed by atoms with Crippen LogP contribution in [-0.4, -0.2) is 44.1 Å². The molecule has 0 unspecified atom stereocenters. The van der Waals surface area contributed by atoms with Gasteiger partial charge >= 0.3 is 0 Å². The van der Waals surface area contributed by atoms with Crippen LogP contribution >= 0.6 is 0 Å². The van der Waals surface area contributed by atoms with Gasteiger partial charge in [-0.1, -0.05) is 19.9 Å². The number of anilines is 1. The van der Waals surface area contributed by atoms with Crippen molar-refractivity contribution in [2.45, 2.75) is 27.7 Å². The largest absolute Gasteiger partial charge is 0.496 e. The number of piperazine rings is 1. The Balaban J connectivity index is 0.000000956. The monoisotopic (exact) mass is 278 g/mol. The van der Waals surface area contributed by atoms with Crippen molar-refractivity contribution >= 4 is 11.6 Å². The van der Waals surface area contributed by atoms with Crippen molar-refractivity contribution in [3.8, 4) is 5.75 Å². The Kier molecular flexibility index (Phi) is 6.36. The van der Waals surface area contributed by atoms with Crippen LogP contribution in [0.3, 0.4) is 0 Å². The van der Waals surface area contributed by atoms with Gasteiger partial charge in [-0.2, -0.15) is 0 Å². The molecule has 1 fully saturated rings. The number of aryl methyl sites for hydroxylation is 1. The van der Waals surface area contributed by atoms with Crippen molar-refractivity contribution in [3.05, 3.63) is 23.8 Å². The zero-order valence-electron chi connectivity index (χ0n) is 13.3. The lowest BCUT2D eigenvalue weighted by atomic mass is 10.1. The Morgan fingerprint density at radius 3 is 2.25 bits per heavy atom. The highest BCUT2D eigenvalue weighted by Gasteiger charge is 2.19. The summed E-state index contributed by atoms with van der Waals surface area (Å²) >= 11 is 0. The molecule has 20 heavy (non-hydrogen) atoms. The number of amides is 1. The minimum absolute atomic E-state index is 0.163. The number of ether oxygens (including phenoxy) is 1. The third kappa shape index (κ3) is 3.89. The minimum atomic E-state index is 0.163. The Bertz CT molecular complexity index is 438. The highest BCUT2D eigenvalue weighted by molar-refractivity contribution is 5.73. The van der Waals surface area contributed by atoms with Gasteiger partial charge in [-0.05, 0) is 18.6 Å². The zero-order chi connectivity index (χ0) is 15.1. The molecule has 0 atom stereocenters. The average Bonchev–Trinajstić information content (AvgIpc) is 2.50. The maximum Gasteiger partial charge on any atom is 0.219 e. The predicted molar refractivity (Wildman–Crippen MR) is 83.5 cm³/mol. The van der Waals surface area contributed by atoms with Gasteiger partial charge in [0.05, 0.1) is 7.11 Å². The molecule has 112 valence electrons. The van der Waals surface area contributed by atoms with Crippen LogP contribution in [0.2, 0.25) is 0 Å². The van der Waals surface area contributed by atoms with Crippen LogP contribution < -0.4 is 9.64 Å². The molecular weight excluding hydrogens is 252 g/mol. The standard InChI is InChI=1S/C14H20N2O2.C2H6/c1-11-4-5-13(10-14(11)18-3)16-8-6-15(7-9-16)12(2)17;1-2/h4-5,10H,6-9H2,1-3H3;1-2H3. The number of nitrogens with zero attached hydrogens (tertiary/aromatic N) is 2. The lowest BCUT2D eigenvalue weighted by molar-refractivity contribution is -0.129. The van der Waals surface area contributed by atoms with Crippen LogP contribution in [0.15, 0.2) is 18.2 Å². The molecule has 4 nitrogen and oxygen atoms in total. The molecule has 0 spiro atoms. The normalized spacial score (nSPS) is 14.4. The molecule has 1 heterocycles. The molecule has 1 saturated heterocycles. The summed E-state index contributed by atoms with van der Waals surface area (Å²) in [6.45, 7) is 11.0. The van der Waals surface area contributed by atoms with Gasteiger partial charge in [0, 0.05) is 44.9 Å². The number of carbonyl (C=O) groups is 1. The van der Waals surface area contributed by atoms with Gasteiger partial charge in [-0.3, -0.25) is 4.79 Å². The van der Waals surface area contributed by atoms with E-state index in [0.29, 0.717) is 0 Å². The summed E-state index contributed by atoms with van der Waals surface area (Å²) in [5.74, 6) is 1.08. The van der Waals surface area contributed by atoms with Gasteiger partial charge in [-0.25, -0.2) is 0 Å². The van der Waals surface area contributed by atoms with E-state index in [4.69, 9.17) is 4.74 Å². The van der Waals surface area contributed by atoms with Crippen LogP contribution in [0.5, 0.6) is 5.75 Å². The first-order valence-electron chi connectivity index (χ1n) is 7.27. The lowest BCUT2D eigenvalue weighted by Gasteiger charge is -2.35. The van der Waals surface area contributed by atoms with E-state index in [1.165, 1.54) is 5.69 Å². The summed E-state index contributed by atoms with van der Waals surface area (Å²) < 4.78 is 5.34. The van der Waals surface area contributed by atoms with E-state index < -0.39 is 0 Å². The summed E-state index contributed by atoms with van der Waals surface area (Å²) in [7, 11) is 1.69. The quantitative estimate of drug-likeness (QED) is 0.834. The predicted octanol–water partition coefficient (Wildman–Crippen LogP) is 2.70. The molecule has 2 rings (SSSR count). The Hall–Kier alpha value is -1.71. The minimum Gasteiger partial charge on any atom is -0.496 e. The zero-order valence-corrected chi connectivity index (χ0v) is 13.3. The van der Waals surface area contributed by atoms with E-state index in [1.54, 1.807) is 14.0 Å². The number of hydrogen-bond donors (Lipinski definition) is 0. The Morgan fingerprint density at radius 1 is 1.15 bits per heavy atom. The number of carbonyl (C=O) groups excluding carboxylic acids is 1. The maximum absolute atomic E-state index is 11.3. The van der Waals surface area contributed by atoms with Gasteiger partial charge in [0.25, 0.3) is 0 Å². The second kappa shape index (κ2) is 7.78. The van der Waals surface area contributed by atoms with Crippen molar-refractivity contribution in [2.24, 2.45) is 0 Å². The van der Waals surface area contributed by atoms with Crippen LogP contribution in [0.4, 0.5) is 5.69 Å². The summed E-state index contributed by atoms with van der Waals surface area (Å²) in [5, 5.41) is 0. The molecule has 0 aromatic heterocycles. The average molecular weight is 278 g/mol. The smallest absolute Gasteiger partial charge is 0.219 e. The molecule has 0 bridgehead atoms. The van der Waals surface area contributed by atoms with E-state index in [0.717, 1.165) is 37.5 Å². The number of rotatable bonds is 2. The van der Waals surface area contributed by atoms with E-state index in [2.05, 4.69) is 23.1 Å².